The molecular weight excluding hydrogens is 243 g/mol. The topological polar surface area (TPSA) is 54.0 Å². The highest BCUT2D eigenvalue weighted by Crippen LogP contribution is 2.21. The Morgan fingerprint density at radius 1 is 1.28 bits per heavy atom. The van der Waals surface area contributed by atoms with Crippen LogP contribution in [-0.4, -0.2) is 39.1 Å². The maximum Gasteiger partial charge on any atom is 0.313 e. The lowest BCUT2D eigenvalue weighted by molar-refractivity contribution is -0.213. The van der Waals surface area contributed by atoms with Gasteiger partial charge in [0.15, 0.2) is 19.9 Å². The first-order valence-electron chi connectivity index (χ1n) is 5.98. The Morgan fingerprint density at radius 2 is 1.94 bits per heavy atom. The normalized spacial score (nSPS) is 13.4. The van der Waals surface area contributed by atoms with Crippen LogP contribution in [0.5, 0.6) is 0 Å². The highest BCUT2D eigenvalue weighted by molar-refractivity contribution is 5.75. The zero-order chi connectivity index (χ0) is 14.0. The van der Waals surface area contributed by atoms with E-state index in [1.807, 2.05) is 6.92 Å². The van der Waals surface area contributed by atoms with Crippen molar-refractivity contribution in [1.82, 2.24) is 0 Å². The van der Waals surface area contributed by atoms with Crippen LogP contribution in [-0.2, 0) is 23.7 Å². The number of carbonyl (C=O) groups excluding carboxylic acids is 1. The molecule has 0 saturated carbocycles. The second-order valence-corrected chi connectivity index (χ2v) is 4.40. The fourth-order valence-electron chi connectivity index (χ4n) is 0.871. The zero-order valence-corrected chi connectivity index (χ0v) is 11.5. The molecule has 6 heteroatoms. The maximum absolute atomic E-state index is 11.8. The third-order valence-electron chi connectivity index (χ3n) is 2.53. The van der Waals surface area contributed by atoms with Crippen LogP contribution >= 0.6 is 0 Å². The molecule has 1 atom stereocenters. The van der Waals surface area contributed by atoms with Gasteiger partial charge < -0.3 is 18.9 Å². The van der Waals surface area contributed by atoms with Gasteiger partial charge in [0, 0.05) is 0 Å². The number of halogens is 1. The van der Waals surface area contributed by atoms with E-state index in [-0.39, 0.29) is 26.2 Å². The molecule has 0 amide bonds. The summed E-state index contributed by atoms with van der Waals surface area (Å²) in [6.07, 6.45) is 0.139. The molecule has 0 radical (unpaired) electrons. The molecule has 1 unspecified atom stereocenters. The van der Waals surface area contributed by atoms with E-state index in [9.17, 15) is 9.18 Å². The number of ether oxygens (including phenoxy) is 4. The predicted molar refractivity (Wildman–Crippen MR) is 63.5 cm³/mol. The number of esters is 1. The van der Waals surface area contributed by atoms with Crippen LogP contribution in [0.3, 0.4) is 0 Å². The summed E-state index contributed by atoms with van der Waals surface area (Å²) >= 11 is 0. The third kappa shape index (κ3) is 7.58. The predicted octanol–water partition coefficient (Wildman–Crippen LogP) is 2.25. The zero-order valence-electron chi connectivity index (χ0n) is 11.5. The third-order valence-corrected chi connectivity index (χ3v) is 2.53. The van der Waals surface area contributed by atoms with Crippen LogP contribution in [0.25, 0.3) is 0 Å². The summed E-state index contributed by atoms with van der Waals surface area (Å²) in [6, 6.07) is 0. The van der Waals surface area contributed by atoms with E-state index in [0.29, 0.717) is 6.42 Å². The number of hydrogen-bond acceptors (Lipinski definition) is 5. The van der Waals surface area contributed by atoms with E-state index in [4.69, 9.17) is 18.9 Å². The first-order valence-corrected chi connectivity index (χ1v) is 5.98. The molecule has 0 spiro atoms. The van der Waals surface area contributed by atoms with E-state index < -0.39 is 18.4 Å². The van der Waals surface area contributed by atoms with Crippen LogP contribution in [0.1, 0.15) is 34.1 Å². The van der Waals surface area contributed by atoms with Gasteiger partial charge in [0.2, 0.25) is 0 Å². The second-order valence-electron chi connectivity index (χ2n) is 4.40. The van der Waals surface area contributed by atoms with Gasteiger partial charge in [0.05, 0.1) is 12.0 Å². The largest absolute Gasteiger partial charge is 0.438 e. The molecule has 0 aliphatic carbocycles. The van der Waals surface area contributed by atoms with E-state index in [2.05, 4.69) is 0 Å². The van der Waals surface area contributed by atoms with Crippen LogP contribution in [0.4, 0.5) is 4.39 Å². The SMILES string of the molecule is CCC(C)(C)C(=O)OCOCOC(C)OCCF. The van der Waals surface area contributed by atoms with E-state index in [0.717, 1.165) is 0 Å². The van der Waals surface area contributed by atoms with E-state index >= 15 is 0 Å². The van der Waals surface area contributed by atoms with Crippen molar-refractivity contribution >= 4 is 5.97 Å². The smallest absolute Gasteiger partial charge is 0.313 e. The van der Waals surface area contributed by atoms with Crippen LogP contribution in [0.15, 0.2) is 0 Å². The lowest BCUT2D eigenvalue weighted by Crippen LogP contribution is -2.27. The van der Waals surface area contributed by atoms with Crippen molar-refractivity contribution in [3.63, 3.8) is 0 Å². The Bertz CT molecular complexity index is 233. The first-order chi connectivity index (χ1) is 8.44. The van der Waals surface area contributed by atoms with Gasteiger partial charge in [-0.25, -0.2) is 4.39 Å². The number of rotatable bonds is 10. The van der Waals surface area contributed by atoms with Crippen molar-refractivity contribution in [2.45, 2.75) is 40.4 Å². The average molecular weight is 266 g/mol. The van der Waals surface area contributed by atoms with E-state index in [1.165, 1.54) is 0 Å². The first kappa shape index (κ1) is 17.3. The van der Waals surface area contributed by atoms with Crippen molar-refractivity contribution in [3.8, 4) is 0 Å². The molecule has 0 aromatic carbocycles. The fourth-order valence-corrected chi connectivity index (χ4v) is 0.871. The number of hydrogen-bond donors (Lipinski definition) is 0. The summed E-state index contributed by atoms with van der Waals surface area (Å²) < 4.78 is 31.6. The summed E-state index contributed by atoms with van der Waals surface area (Å²) in [5.74, 6) is -0.313. The number of carbonyl (C=O) groups is 1. The summed E-state index contributed by atoms with van der Waals surface area (Å²) in [5.41, 5.74) is -0.512. The molecule has 0 heterocycles. The van der Waals surface area contributed by atoms with Gasteiger partial charge in [-0.15, -0.1) is 0 Å². The van der Waals surface area contributed by atoms with Crippen molar-refractivity contribution in [3.05, 3.63) is 0 Å². The number of alkyl halides is 1. The van der Waals surface area contributed by atoms with Gasteiger partial charge in [-0.2, -0.15) is 0 Å². The monoisotopic (exact) mass is 266 g/mol. The average Bonchev–Trinajstić information content (AvgIpc) is 2.35. The minimum absolute atomic E-state index is 0.0131. The Morgan fingerprint density at radius 3 is 2.50 bits per heavy atom. The van der Waals surface area contributed by atoms with Crippen LogP contribution in [0, 0.1) is 5.41 Å². The summed E-state index contributed by atoms with van der Waals surface area (Å²) in [7, 11) is 0. The van der Waals surface area contributed by atoms with Gasteiger partial charge in [-0.3, -0.25) is 4.79 Å². The van der Waals surface area contributed by atoms with Crippen LogP contribution in [0.2, 0.25) is 0 Å². The Hall–Kier alpha value is -0.720. The summed E-state index contributed by atoms with van der Waals surface area (Å²) in [6.45, 7) is 6.34. The lowest BCUT2D eigenvalue weighted by atomic mass is 9.91. The summed E-state index contributed by atoms with van der Waals surface area (Å²) in [4.78, 5) is 11.5. The van der Waals surface area contributed by atoms with Gasteiger partial charge >= 0.3 is 5.97 Å². The minimum atomic E-state index is -0.557. The van der Waals surface area contributed by atoms with Gasteiger partial charge in [0.1, 0.15) is 6.67 Å². The molecule has 0 N–H and O–H groups in total. The Labute approximate surface area is 108 Å². The molecule has 0 saturated heterocycles. The van der Waals surface area contributed by atoms with Crippen LogP contribution < -0.4 is 0 Å². The molecule has 0 aromatic heterocycles. The molecule has 0 bridgehead atoms. The summed E-state index contributed by atoms with van der Waals surface area (Å²) in [5, 5.41) is 0. The van der Waals surface area contributed by atoms with E-state index in [1.54, 1.807) is 20.8 Å². The fraction of sp³-hybridized carbons (Fsp3) is 0.917. The van der Waals surface area contributed by atoms with Crippen molar-refractivity contribution in [2.24, 2.45) is 5.41 Å². The van der Waals surface area contributed by atoms with Gasteiger partial charge in [0.25, 0.3) is 0 Å². The molecule has 0 aliphatic heterocycles. The molecule has 18 heavy (non-hydrogen) atoms. The highest BCUT2D eigenvalue weighted by Gasteiger charge is 2.26. The molecule has 0 aliphatic rings. The van der Waals surface area contributed by atoms with Crippen molar-refractivity contribution < 1.29 is 28.1 Å². The molecule has 0 fully saturated rings. The van der Waals surface area contributed by atoms with Crippen molar-refractivity contribution in [2.75, 3.05) is 26.9 Å². The minimum Gasteiger partial charge on any atom is -0.438 e. The second kappa shape index (κ2) is 9.24. The molecule has 5 nitrogen and oxygen atoms in total. The lowest BCUT2D eigenvalue weighted by Gasteiger charge is -2.20. The molecule has 0 rings (SSSR count). The Kier molecular flexibility index (Phi) is 8.87. The standard InChI is InChI=1S/C12H23FO5/c1-5-12(3,4)11(14)18-9-15-8-17-10(2)16-7-6-13/h10H,5-9H2,1-4H3. The quantitative estimate of drug-likeness (QED) is 0.345. The maximum atomic E-state index is 11.8. The molecule has 0 aromatic rings. The highest BCUT2D eigenvalue weighted by atomic mass is 19.1. The van der Waals surface area contributed by atoms with Gasteiger partial charge in [-0.1, -0.05) is 6.92 Å². The van der Waals surface area contributed by atoms with Gasteiger partial charge in [-0.05, 0) is 27.2 Å². The molecular formula is C12H23FO5. The Balaban J connectivity index is 3.54. The molecule has 108 valence electrons. The van der Waals surface area contributed by atoms with Crippen molar-refractivity contribution in [1.29, 1.82) is 0 Å².